The Hall–Kier alpha value is -4.18. The third kappa shape index (κ3) is 11.8. The van der Waals surface area contributed by atoms with Crippen molar-refractivity contribution in [1.82, 2.24) is 0 Å². The van der Waals surface area contributed by atoms with Crippen LogP contribution in [0.2, 0.25) is 0 Å². The summed E-state index contributed by atoms with van der Waals surface area (Å²) in [6.07, 6.45) is -13.3. The molecule has 0 aliphatic heterocycles. The maximum atomic E-state index is 12.6. The van der Waals surface area contributed by atoms with Crippen LogP contribution in [0.5, 0.6) is 0 Å². The van der Waals surface area contributed by atoms with E-state index >= 15 is 0 Å². The number of esters is 2. The summed E-state index contributed by atoms with van der Waals surface area (Å²) < 4.78 is 93.2. The molecule has 44 heavy (non-hydrogen) atoms. The highest BCUT2D eigenvalue weighted by Crippen LogP contribution is 2.27. The predicted molar refractivity (Wildman–Crippen MR) is 139 cm³/mol. The fraction of sp³-hybridized carbons (Fsp3) is 0.429. The van der Waals surface area contributed by atoms with E-state index in [0.717, 1.165) is 24.3 Å². The van der Waals surface area contributed by atoms with Crippen molar-refractivity contribution in [3.8, 4) is 11.1 Å². The van der Waals surface area contributed by atoms with Gasteiger partial charge in [-0.25, -0.2) is 19.2 Å². The number of carbonyl (C=O) groups excluding carboxylic acids is 2. The van der Waals surface area contributed by atoms with Crippen molar-refractivity contribution in [1.29, 1.82) is 0 Å². The molecule has 0 bridgehead atoms. The summed E-state index contributed by atoms with van der Waals surface area (Å²) in [5.74, 6) is -5.28. The van der Waals surface area contributed by atoms with E-state index in [2.05, 4.69) is 0 Å². The van der Waals surface area contributed by atoms with Gasteiger partial charge in [0.25, 0.3) is 0 Å². The summed E-state index contributed by atoms with van der Waals surface area (Å²) in [7, 11) is 0. The third-order valence-corrected chi connectivity index (χ3v) is 5.65. The molecule has 0 spiro atoms. The molecule has 0 radical (unpaired) electrons. The van der Waals surface area contributed by atoms with Crippen LogP contribution in [-0.4, -0.2) is 85.1 Å². The van der Waals surface area contributed by atoms with Gasteiger partial charge in [-0.1, -0.05) is 12.1 Å². The average Bonchev–Trinajstić information content (AvgIpc) is 2.91. The van der Waals surface area contributed by atoms with Crippen LogP contribution >= 0.6 is 0 Å². The largest absolute Gasteiger partial charge is 0.478 e. The molecule has 0 aliphatic rings. The lowest BCUT2D eigenvalue weighted by Crippen LogP contribution is -2.23. The summed E-state index contributed by atoms with van der Waals surface area (Å²) in [6, 6.07) is 6.88. The maximum absolute atomic E-state index is 12.6. The normalized spacial score (nSPS) is 13.2. The minimum absolute atomic E-state index is 0.135. The Morgan fingerprint density at radius 3 is 1.27 bits per heavy atom. The van der Waals surface area contributed by atoms with Crippen molar-refractivity contribution in [2.45, 2.75) is 51.2 Å². The number of benzene rings is 2. The number of halogens is 6. The number of carboxylic acid groups (broad SMARTS) is 2. The molecule has 242 valence electrons. The zero-order valence-corrected chi connectivity index (χ0v) is 23.3. The first-order chi connectivity index (χ1) is 20.4. The Kier molecular flexibility index (Phi) is 12.7. The molecule has 2 unspecified atom stereocenters. The molecule has 0 heterocycles. The zero-order valence-electron chi connectivity index (χ0n) is 23.3. The van der Waals surface area contributed by atoms with Crippen LogP contribution in [0.4, 0.5) is 26.3 Å². The van der Waals surface area contributed by atoms with E-state index in [1.54, 1.807) is 0 Å². The molecule has 2 atom stereocenters. The van der Waals surface area contributed by atoms with Crippen molar-refractivity contribution in [3.63, 3.8) is 0 Å². The minimum Gasteiger partial charge on any atom is -0.478 e. The van der Waals surface area contributed by atoms with Crippen LogP contribution in [-0.2, 0) is 18.9 Å². The van der Waals surface area contributed by atoms with Gasteiger partial charge in [-0.05, 0) is 49.2 Å². The summed E-state index contributed by atoms with van der Waals surface area (Å²) in [5, 5.41) is 19.3. The quantitative estimate of drug-likeness (QED) is 0.140. The van der Waals surface area contributed by atoms with Crippen LogP contribution in [0.15, 0.2) is 36.4 Å². The Labute approximate surface area is 246 Å². The Morgan fingerprint density at radius 2 is 0.977 bits per heavy atom. The summed E-state index contributed by atoms with van der Waals surface area (Å²) >= 11 is 0. The minimum atomic E-state index is -4.43. The van der Waals surface area contributed by atoms with E-state index in [0.29, 0.717) is 0 Å². The fourth-order valence-corrected chi connectivity index (χ4v) is 3.59. The predicted octanol–water partition coefficient (Wildman–Crippen LogP) is 5.78. The summed E-state index contributed by atoms with van der Waals surface area (Å²) in [6.45, 7) is 0.601. The molecule has 2 N–H and O–H groups in total. The van der Waals surface area contributed by atoms with Crippen molar-refractivity contribution in [3.05, 3.63) is 58.7 Å². The summed E-state index contributed by atoms with van der Waals surface area (Å²) in [4.78, 5) is 49.0. The number of hydrogen-bond acceptors (Lipinski definition) is 8. The first-order valence-electron chi connectivity index (χ1n) is 12.8. The number of aromatic carboxylic acids is 2. The second-order valence-electron chi connectivity index (χ2n) is 9.44. The van der Waals surface area contributed by atoms with Gasteiger partial charge >= 0.3 is 36.2 Å². The van der Waals surface area contributed by atoms with E-state index in [4.69, 9.17) is 18.9 Å². The lowest BCUT2D eigenvalue weighted by molar-refractivity contribution is -0.147. The molecule has 2 aromatic carbocycles. The number of hydrogen-bond donors (Lipinski definition) is 2. The Balaban J connectivity index is 2.17. The highest BCUT2D eigenvalue weighted by atomic mass is 19.4. The van der Waals surface area contributed by atoms with Gasteiger partial charge < -0.3 is 29.2 Å². The van der Waals surface area contributed by atoms with E-state index < -0.39 is 96.7 Å². The number of alkyl halides is 6. The number of carboxylic acids is 2. The van der Waals surface area contributed by atoms with Crippen molar-refractivity contribution >= 4 is 23.9 Å². The number of ether oxygens (including phenoxy) is 4. The Morgan fingerprint density at radius 1 is 0.636 bits per heavy atom. The average molecular weight is 639 g/mol. The smallest absolute Gasteiger partial charge is 0.391 e. The van der Waals surface area contributed by atoms with Crippen molar-refractivity contribution in [2.75, 3.05) is 26.4 Å². The van der Waals surface area contributed by atoms with Gasteiger partial charge in [-0.2, -0.15) is 26.3 Å². The van der Waals surface area contributed by atoms with E-state index in [-0.39, 0.29) is 24.3 Å². The SMILES string of the molecule is CC(COCCC(F)(F)F)OC(=O)c1ccc(-c2ccc(C(=O)OC(C)COCCC(F)(F)F)c(C(=O)O)c2)cc1C(=O)O. The van der Waals surface area contributed by atoms with Crippen LogP contribution in [0.25, 0.3) is 11.1 Å². The first kappa shape index (κ1) is 36.0. The Bertz CT molecular complexity index is 1240. The van der Waals surface area contributed by atoms with Crippen molar-refractivity contribution < 1.29 is 74.7 Å². The van der Waals surface area contributed by atoms with Gasteiger partial charge in [0.05, 0.1) is 61.5 Å². The summed E-state index contributed by atoms with van der Waals surface area (Å²) in [5.41, 5.74) is -1.58. The van der Waals surface area contributed by atoms with E-state index in [1.807, 2.05) is 0 Å². The topological polar surface area (TPSA) is 146 Å². The second kappa shape index (κ2) is 15.5. The van der Waals surface area contributed by atoms with E-state index in [9.17, 15) is 55.7 Å². The standard InChI is InChI=1S/C28H28F6O10/c1-15(13-41-9-7-27(29,30)31)43-25(39)19-5-3-17(11-21(19)23(35)36)18-4-6-20(22(12-18)24(37)38)26(40)44-16(2)14-42-10-8-28(32,33)34/h3-6,11-12,15-16H,7-10,13-14H2,1-2H3,(H,35,36)(H,37,38). The fourth-order valence-electron chi connectivity index (χ4n) is 3.59. The van der Waals surface area contributed by atoms with Gasteiger partial charge in [-0.15, -0.1) is 0 Å². The molecular formula is C28H28F6O10. The third-order valence-electron chi connectivity index (χ3n) is 5.65. The highest BCUT2D eigenvalue weighted by molar-refractivity contribution is 6.05. The van der Waals surface area contributed by atoms with Gasteiger partial charge in [0.1, 0.15) is 12.2 Å². The van der Waals surface area contributed by atoms with E-state index in [1.165, 1.54) is 26.0 Å². The lowest BCUT2D eigenvalue weighted by Gasteiger charge is -2.16. The monoisotopic (exact) mass is 638 g/mol. The number of carbonyl (C=O) groups is 4. The van der Waals surface area contributed by atoms with Crippen LogP contribution in [0.3, 0.4) is 0 Å². The van der Waals surface area contributed by atoms with Gasteiger partial charge in [0.2, 0.25) is 0 Å². The second-order valence-corrected chi connectivity index (χ2v) is 9.44. The molecule has 10 nitrogen and oxygen atoms in total. The molecule has 2 aromatic rings. The van der Waals surface area contributed by atoms with Crippen LogP contribution in [0.1, 0.15) is 68.1 Å². The molecule has 0 amide bonds. The maximum Gasteiger partial charge on any atom is 0.391 e. The molecule has 2 rings (SSSR count). The molecule has 0 saturated carbocycles. The van der Waals surface area contributed by atoms with Crippen molar-refractivity contribution in [2.24, 2.45) is 0 Å². The van der Waals surface area contributed by atoms with Gasteiger partial charge in [0.15, 0.2) is 0 Å². The molecule has 0 aromatic heterocycles. The molecule has 0 aliphatic carbocycles. The van der Waals surface area contributed by atoms with Gasteiger partial charge in [0, 0.05) is 0 Å². The highest BCUT2D eigenvalue weighted by Gasteiger charge is 2.28. The first-order valence-corrected chi connectivity index (χ1v) is 12.8. The van der Waals surface area contributed by atoms with Crippen LogP contribution in [0, 0.1) is 0 Å². The number of rotatable bonds is 15. The molecular weight excluding hydrogens is 610 g/mol. The molecule has 0 fully saturated rings. The van der Waals surface area contributed by atoms with Crippen LogP contribution < -0.4 is 0 Å². The molecule has 16 heteroatoms. The zero-order chi connectivity index (χ0) is 33.2. The van der Waals surface area contributed by atoms with Gasteiger partial charge in [-0.3, -0.25) is 0 Å². The lowest BCUT2D eigenvalue weighted by atomic mass is 9.95. The molecule has 0 saturated heterocycles.